The predicted molar refractivity (Wildman–Crippen MR) is 75.2 cm³/mol. The molecule has 0 heterocycles. The van der Waals surface area contributed by atoms with E-state index in [4.69, 9.17) is 10.4 Å². The third kappa shape index (κ3) is 4.74. The maximum Gasteiger partial charge on any atom is 0.331 e. The number of rotatable bonds is 6. The second kappa shape index (κ2) is 7.02. The van der Waals surface area contributed by atoms with Gasteiger partial charge in [0, 0.05) is 5.57 Å². The molecule has 0 aromatic rings. The molecule has 5 nitrogen and oxygen atoms in total. The van der Waals surface area contributed by atoms with Gasteiger partial charge in [-0.1, -0.05) is 25.2 Å². The normalized spacial score (nSPS) is 23.4. The van der Waals surface area contributed by atoms with Gasteiger partial charge in [0.05, 0.1) is 6.10 Å². The van der Waals surface area contributed by atoms with Crippen molar-refractivity contribution in [2.75, 3.05) is 0 Å². The largest absolute Gasteiger partial charge is 0.478 e. The van der Waals surface area contributed by atoms with Gasteiger partial charge in [0.15, 0.2) is 0 Å². The summed E-state index contributed by atoms with van der Waals surface area (Å²) >= 11 is 0. The number of hydrogen-bond acceptors (Lipinski definition) is 4. The lowest BCUT2D eigenvalue weighted by atomic mass is 9.79. The Morgan fingerprint density at radius 2 is 2.20 bits per heavy atom. The van der Waals surface area contributed by atoms with E-state index in [2.05, 4.69) is 4.89 Å². The van der Waals surface area contributed by atoms with Crippen LogP contribution in [0, 0.1) is 11.8 Å². The lowest BCUT2D eigenvalue weighted by Crippen LogP contribution is -2.27. The van der Waals surface area contributed by atoms with Gasteiger partial charge in [-0.2, -0.15) is 0 Å². The summed E-state index contributed by atoms with van der Waals surface area (Å²) in [7, 11) is 0. The van der Waals surface area contributed by atoms with Gasteiger partial charge >= 0.3 is 5.97 Å². The molecule has 0 radical (unpaired) electrons. The van der Waals surface area contributed by atoms with E-state index in [0.29, 0.717) is 18.4 Å². The molecule has 0 saturated carbocycles. The number of hydrogen-bond donors (Lipinski definition) is 3. The fraction of sp³-hybridized carbons (Fsp3) is 0.667. The van der Waals surface area contributed by atoms with E-state index in [9.17, 15) is 9.90 Å². The molecular formula is C15H24O5. The number of aliphatic hydroxyl groups is 1. The first-order valence-corrected chi connectivity index (χ1v) is 6.89. The van der Waals surface area contributed by atoms with E-state index in [-0.39, 0.29) is 11.8 Å². The Balaban J connectivity index is 2.59. The zero-order valence-corrected chi connectivity index (χ0v) is 12.2. The fourth-order valence-corrected chi connectivity index (χ4v) is 2.34. The van der Waals surface area contributed by atoms with Crippen molar-refractivity contribution in [3.8, 4) is 0 Å². The lowest BCUT2D eigenvalue weighted by Gasteiger charge is -2.29. The summed E-state index contributed by atoms with van der Waals surface area (Å²) in [5.41, 5.74) is -0.364. The van der Waals surface area contributed by atoms with E-state index >= 15 is 0 Å². The van der Waals surface area contributed by atoms with Crippen LogP contribution in [0.1, 0.15) is 40.0 Å². The smallest absolute Gasteiger partial charge is 0.331 e. The van der Waals surface area contributed by atoms with Crippen molar-refractivity contribution in [2.24, 2.45) is 11.8 Å². The Morgan fingerprint density at radius 1 is 1.55 bits per heavy atom. The Morgan fingerprint density at radius 3 is 2.65 bits per heavy atom. The molecule has 3 unspecified atom stereocenters. The van der Waals surface area contributed by atoms with Crippen molar-refractivity contribution in [3.63, 3.8) is 0 Å². The van der Waals surface area contributed by atoms with Gasteiger partial charge in [-0.3, -0.25) is 5.26 Å². The minimum Gasteiger partial charge on any atom is -0.478 e. The molecular weight excluding hydrogens is 260 g/mol. The molecule has 20 heavy (non-hydrogen) atoms. The Bertz CT molecular complexity index is 397. The third-order valence-electron chi connectivity index (χ3n) is 3.94. The average Bonchev–Trinajstić information content (AvgIpc) is 2.44. The number of aliphatic hydroxyl groups excluding tert-OH is 1. The highest BCUT2D eigenvalue weighted by atomic mass is 17.1. The molecule has 114 valence electrons. The molecule has 0 amide bonds. The summed E-state index contributed by atoms with van der Waals surface area (Å²) in [5.74, 6) is -0.568. The molecule has 5 heteroatoms. The van der Waals surface area contributed by atoms with Gasteiger partial charge in [0.2, 0.25) is 0 Å². The third-order valence-corrected chi connectivity index (χ3v) is 3.94. The van der Waals surface area contributed by atoms with Crippen molar-refractivity contribution < 1.29 is 25.2 Å². The number of allylic oxidation sites excluding steroid dienone is 1. The standard InChI is InChI=1S/C15H24O5/c1-10(13(16)8-9-15(2,3)20-19)11-4-6-12(7-5-11)14(17)18/h6,8-11,13,16,19H,4-5,7H2,1-3H3,(H,17,18). The average molecular weight is 284 g/mol. The SMILES string of the molecule is CC(C(O)C=CC(C)(C)OO)C1CC=C(C(=O)O)CC1. The van der Waals surface area contributed by atoms with E-state index in [1.165, 1.54) is 0 Å². The fourth-order valence-electron chi connectivity index (χ4n) is 2.34. The molecule has 0 fully saturated rings. The number of aliphatic carboxylic acids is 1. The number of carboxylic acid groups (broad SMARTS) is 1. The van der Waals surface area contributed by atoms with Crippen LogP contribution in [0.25, 0.3) is 0 Å². The van der Waals surface area contributed by atoms with Crippen LogP contribution in [0.3, 0.4) is 0 Å². The topological polar surface area (TPSA) is 87.0 Å². The summed E-state index contributed by atoms with van der Waals surface area (Å²) in [6.07, 6.45) is 6.34. The van der Waals surface area contributed by atoms with Gasteiger partial charge in [-0.05, 0) is 44.9 Å². The van der Waals surface area contributed by atoms with Crippen LogP contribution in [0.15, 0.2) is 23.8 Å². The summed E-state index contributed by atoms with van der Waals surface area (Å²) in [5, 5.41) is 27.7. The van der Waals surface area contributed by atoms with Crippen LogP contribution in [-0.4, -0.2) is 33.1 Å². The molecule has 3 N–H and O–H groups in total. The summed E-state index contributed by atoms with van der Waals surface area (Å²) in [4.78, 5) is 15.1. The van der Waals surface area contributed by atoms with E-state index in [1.54, 1.807) is 32.1 Å². The molecule has 1 aliphatic carbocycles. The number of carboxylic acids is 1. The highest BCUT2D eigenvalue weighted by Crippen LogP contribution is 2.31. The van der Waals surface area contributed by atoms with Crippen LogP contribution < -0.4 is 0 Å². The molecule has 0 aromatic heterocycles. The van der Waals surface area contributed by atoms with Crippen molar-refractivity contribution in [2.45, 2.75) is 51.7 Å². The van der Waals surface area contributed by atoms with E-state index in [1.807, 2.05) is 6.92 Å². The maximum absolute atomic E-state index is 10.8. The Kier molecular flexibility index (Phi) is 5.92. The quantitative estimate of drug-likeness (QED) is 0.396. The van der Waals surface area contributed by atoms with Gasteiger partial charge < -0.3 is 10.2 Å². The molecule has 0 saturated heterocycles. The first-order valence-electron chi connectivity index (χ1n) is 6.89. The van der Waals surface area contributed by atoms with E-state index in [0.717, 1.165) is 6.42 Å². The highest BCUT2D eigenvalue weighted by molar-refractivity contribution is 5.86. The van der Waals surface area contributed by atoms with Gasteiger partial charge in [-0.25, -0.2) is 9.68 Å². The van der Waals surface area contributed by atoms with Crippen LogP contribution in [0.2, 0.25) is 0 Å². The molecule has 3 atom stereocenters. The predicted octanol–water partition coefficient (Wildman–Crippen LogP) is 2.62. The molecule has 0 aliphatic heterocycles. The summed E-state index contributed by atoms with van der Waals surface area (Å²) in [6, 6.07) is 0. The monoisotopic (exact) mass is 284 g/mol. The van der Waals surface area contributed by atoms with Crippen molar-refractivity contribution in [1.29, 1.82) is 0 Å². The van der Waals surface area contributed by atoms with Crippen molar-refractivity contribution in [3.05, 3.63) is 23.8 Å². The first kappa shape index (κ1) is 16.9. The molecule has 1 aliphatic rings. The number of carbonyl (C=O) groups is 1. The minimum atomic E-state index is -0.849. The summed E-state index contributed by atoms with van der Waals surface area (Å²) in [6.45, 7) is 5.32. The Labute approximate surface area is 119 Å². The van der Waals surface area contributed by atoms with Gasteiger partial charge in [-0.15, -0.1) is 0 Å². The maximum atomic E-state index is 10.8. The molecule has 0 spiro atoms. The van der Waals surface area contributed by atoms with Crippen molar-refractivity contribution in [1.82, 2.24) is 0 Å². The summed E-state index contributed by atoms with van der Waals surface area (Å²) < 4.78 is 0. The molecule has 0 bridgehead atoms. The lowest BCUT2D eigenvalue weighted by molar-refractivity contribution is -0.297. The second-order valence-electron chi connectivity index (χ2n) is 5.97. The zero-order valence-electron chi connectivity index (χ0n) is 12.2. The molecule has 0 aromatic carbocycles. The molecule has 1 rings (SSSR count). The van der Waals surface area contributed by atoms with Gasteiger partial charge in [0.1, 0.15) is 5.60 Å². The van der Waals surface area contributed by atoms with Crippen LogP contribution in [0.5, 0.6) is 0 Å². The minimum absolute atomic E-state index is 0.0207. The second-order valence-corrected chi connectivity index (χ2v) is 5.97. The van der Waals surface area contributed by atoms with Gasteiger partial charge in [0.25, 0.3) is 0 Å². The first-order chi connectivity index (χ1) is 9.26. The Hall–Kier alpha value is -1.17. The van der Waals surface area contributed by atoms with Crippen molar-refractivity contribution >= 4 is 5.97 Å². The van der Waals surface area contributed by atoms with Crippen LogP contribution in [0.4, 0.5) is 0 Å². The van der Waals surface area contributed by atoms with E-state index < -0.39 is 17.7 Å². The van der Waals surface area contributed by atoms with Crippen LogP contribution >= 0.6 is 0 Å². The van der Waals surface area contributed by atoms with Crippen LogP contribution in [-0.2, 0) is 9.68 Å². The zero-order chi connectivity index (χ0) is 15.3. The highest BCUT2D eigenvalue weighted by Gasteiger charge is 2.26.